The van der Waals surface area contributed by atoms with E-state index in [0.717, 1.165) is 31.6 Å². The highest BCUT2D eigenvalue weighted by molar-refractivity contribution is 5.80. The molecule has 1 atom stereocenters. The summed E-state index contributed by atoms with van der Waals surface area (Å²) in [4.78, 5) is 4.45. The molecule has 1 fully saturated rings. The third-order valence-corrected chi connectivity index (χ3v) is 3.95. The smallest absolute Gasteiger partial charge is 0.379 e. The van der Waals surface area contributed by atoms with Crippen LogP contribution in [0.1, 0.15) is 30.9 Å². The lowest BCUT2D eigenvalue weighted by atomic mass is 10.1. The van der Waals surface area contributed by atoms with Gasteiger partial charge in [-0.2, -0.15) is 13.2 Å². The molecule has 0 radical (unpaired) electrons. The predicted molar refractivity (Wildman–Crippen MR) is 102 cm³/mol. The first kappa shape index (κ1) is 22.1. The van der Waals surface area contributed by atoms with Crippen molar-refractivity contribution < 1.29 is 22.6 Å². The minimum Gasteiger partial charge on any atom is -0.379 e. The topological polar surface area (TPSA) is 54.9 Å². The van der Waals surface area contributed by atoms with Gasteiger partial charge < -0.3 is 20.1 Å². The fourth-order valence-electron chi connectivity index (χ4n) is 2.51. The summed E-state index contributed by atoms with van der Waals surface area (Å²) in [7, 11) is 0. The van der Waals surface area contributed by atoms with Crippen molar-refractivity contribution in [2.75, 3.05) is 39.5 Å². The number of aliphatic imine (C=N–C) groups is 1. The van der Waals surface area contributed by atoms with Gasteiger partial charge in [0.2, 0.25) is 0 Å². The number of hydrogen-bond acceptors (Lipinski definition) is 3. The first-order valence-electron chi connectivity index (χ1n) is 9.36. The van der Waals surface area contributed by atoms with Crippen molar-refractivity contribution in [1.29, 1.82) is 0 Å². The highest BCUT2D eigenvalue weighted by Gasteiger charge is 2.29. The van der Waals surface area contributed by atoms with E-state index in [1.165, 1.54) is 12.1 Å². The highest BCUT2D eigenvalue weighted by Crippen LogP contribution is 2.28. The molecule has 5 nitrogen and oxygen atoms in total. The molecule has 1 aromatic rings. The zero-order chi connectivity index (χ0) is 20.2. The first-order valence-corrected chi connectivity index (χ1v) is 9.36. The van der Waals surface area contributed by atoms with Crippen LogP contribution in [0.15, 0.2) is 29.3 Å². The van der Waals surface area contributed by atoms with Gasteiger partial charge in [0.05, 0.1) is 24.8 Å². The van der Waals surface area contributed by atoms with Crippen LogP contribution in [0.3, 0.4) is 0 Å². The third-order valence-electron chi connectivity index (χ3n) is 3.95. The number of hydrogen-bond donors (Lipinski definition) is 2. The van der Waals surface area contributed by atoms with Crippen molar-refractivity contribution in [1.82, 2.24) is 10.6 Å². The summed E-state index contributed by atoms with van der Waals surface area (Å²) < 4.78 is 48.6. The zero-order valence-electron chi connectivity index (χ0n) is 15.9. The normalized spacial score (nSPS) is 17.1. The van der Waals surface area contributed by atoms with Crippen molar-refractivity contribution in [2.24, 2.45) is 4.99 Å². The van der Waals surface area contributed by atoms with Gasteiger partial charge in [-0.3, -0.25) is 4.99 Å². The number of benzene rings is 1. The second-order valence-electron chi connectivity index (χ2n) is 6.20. The Morgan fingerprint density at radius 1 is 1.29 bits per heavy atom. The van der Waals surface area contributed by atoms with Gasteiger partial charge in [0.1, 0.15) is 0 Å². The molecule has 1 aliphatic heterocycles. The van der Waals surface area contributed by atoms with E-state index in [2.05, 4.69) is 27.5 Å². The molecule has 0 spiro atoms. The van der Waals surface area contributed by atoms with Gasteiger partial charge in [-0.15, -0.1) is 0 Å². The minimum absolute atomic E-state index is 0.204. The lowest BCUT2D eigenvalue weighted by Crippen LogP contribution is -2.37. The fourth-order valence-corrected chi connectivity index (χ4v) is 2.51. The van der Waals surface area contributed by atoms with Crippen LogP contribution in [-0.2, 0) is 15.7 Å². The fraction of sp³-hybridized carbons (Fsp3) is 0.550. The predicted octanol–water partition coefficient (Wildman–Crippen LogP) is 2.81. The summed E-state index contributed by atoms with van der Waals surface area (Å²) in [6, 6.07) is 4.79. The largest absolute Gasteiger partial charge is 0.416 e. The maximum atomic E-state index is 12.5. The molecular formula is C20H26F3N3O2. The van der Waals surface area contributed by atoms with E-state index in [9.17, 15) is 13.2 Å². The molecule has 0 aliphatic carbocycles. The van der Waals surface area contributed by atoms with Gasteiger partial charge in [0.25, 0.3) is 0 Å². The Bertz CT molecular complexity index is 673. The van der Waals surface area contributed by atoms with E-state index in [1.807, 2.05) is 6.92 Å². The van der Waals surface area contributed by atoms with Crippen molar-refractivity contribution in [2.45, 2.75) is 32.0 Å². The molecule has 8 heteroatoms. The van der Waals surface area contributed by atoms with Gasteiger partial charge in [0, 0.05) is 31.9 Å². The monoisotopic (exact) mass is 397 g/mol. The molecule has 1 saturated heterocycles. The third kappa shape index (κ3) is 8.19. The van der Waals surface area contributed by atoms with E-state index < -0.39 is 11.7 Å². The Balaban J connectivity index is 1.72. The second-order valence-corrected chi connectivity index (χ2v) is 6.20. The molecule has 2 N–H and O–H groups in total. The zero-order valence-corrected chi connectivity index (χ0v) is 15.9. The number of halogens is 3. The molecule has 1 unspecified atom stereocenters. The molecule has 0 bridgehead atoms. The Morgan fingerprint density at radius 2 is 2.07 bits per heavy atom. The standard InChI is InChI=1S/C20H26F3N3O2/c1-2-24-19(26-12-4-13-28-18-10-14-27-15-18)25-11-3-5-16-6-8-17(9-7-16)20(21,22)23/h6-9,18H,2,4,10-15H2,1H3,(H2,24,25,26). The van der Waals surface area contributed by atoms with Crippen LogP contribution in [0.2, 0.25) is 0 Å². The van der Waals surface area contributed by atoms with Gasteiger partial charge in [-0.25, -0.2) is 0 Å². The molecule has 0 saturated carbocycles. The molecule has 0 aromatic heterocycles. The Kier molecular flexibility index (Phi) is 9.11. The SMILES string of the molecule is CCNC(=NCCCOC1CCOC1)NCC#Cc1ccc(C(F)(F)F)cc1. The summed E-state index contributed by atoms with van der Waals surface area (Å²) in [6.45, 7) is 5.72. The number of rotatable bonds is 7. The summed E-state index contributed by atoms with van der Waals surface area (Å²) in [6.07, 6.45) is -2.37. The summed E-state index contributed by atoms with van der Waals surface area (Å²) in [5, 5.41) is 6.21. The molecule has 2 rings (SSSR count). The lowest BCUT2D eigenvalue weighted by Gasteiger charge is -2.10. The highest BCUT2D eigenvalue weighted by atomic mass is 19.4. The van der Waals surface area contributed by atoms with Gasteiger partial charge >= 0.3 is 6.18 Å². The summed E-state index contributed by atoms with van der Waals surface area (Å²) in [5.41, 5.74) is -0.146. The number of guanidine groups is 1. The maximum Gasteiger partial charge on any atom is 0.416 e. The Morgan fingerprint density at radius 3 is 2.71 bits per heavy atom. The van der Waals surface area contributed by atoms with Crippen LogP contribution >= 0.6 is 0 Å². The van der Waals surface area contributed by atoms with Crippen molar-refractivity contribution >= 4 is 5.96 Å². The lowest BCUT2D eigenvalue weighted by molar-refractivity contribution is -0.137. The van der Waals surface area contributed by atoms with Crippen LogP contribution < -0.4 is 10.6 Å². The van der Waals surface area contributed by atoms with Crippen LogP contribution in [0.4, 0.5) is 13.2 Å². The van der Waals surface area contributed by atoms with Crippen molar-refractivity contribution in [3.05, 3.63) is 35.4 Å². The van der Waals surface area contributed by atoms with E-state index in [4.69, 9.17) is 9.47 Å². The molecule has 0 amide bonds. The first-order chi connectivity index (χ1) is 13.5. The molecule has 1 aromatic carbocycles. The van der Waals surface area contributed by atoms with Gasteiger partial charge in [0.15, 0.2) is 5.96 Å². The summed E-state index contributed by atoms with van der Waals surface area (Å²) in [5.74, 6) is 6.37. The maximum absolute atomic E-state index is 12.5. The van der Waals surface area contributed by atoms with E-state index in [1.54, 1.807) is 0 Å². The van der Waals surface area contributed by atoms with Crippen LogP contribution in [0, 0.1) is 11.8 Å². The van der Waals surface area contributed by atoms with E-state index in [-0.39, 0.29) is 6.10 Å². The van der Waals surface area contributed by atoms with E-state index in [0.29, 0.717) is 44.4 Å². The molecule has 1 heterocycles. The van der Waals surface area contributed by atoms with Crippen LogP contribution in [0.25, 0.3) is 0 Å². The van der Waals surface area contributed by atoms with Crippen LogP contribution in [0.5, 0.6) is 0 Å². The average molecular weight is 397 g/mol. The van der Waals surface area contributed by atoms with Crippen LogP contribution in [-0.4, -0.2) is 51.5 Å². The van der Waals surface area contributed by atoms with Crippen molar-refractivity contribution in [3.8, 4) is 11.8 Å². The Hall–Kier alpha value is -2.24. The molecule has 154 valence electrons. The molecule has 28 heavy (non-hydrogen) atoms. The average Bonchev–Trinajstić information content (AvgIpc) is 3.18. The molecule has 1 aliphatic rings. The number of nitrogens with one attached hydrogen (secondary N) is 2. The number of nitrogens with zero attached hydrogens (tertiary/aromatic N) is 1. The molecular weight excluding hydrogens is 371 g/mol. The minimum atomic E-state index is -4.33. The Labute approximate surface area is 163 Å². The van der Waals surface area contributed by atoms with Gasteiger partial charge in [-0.1, -0.05) is 11.8 Å². The number of alkyl halides is 3. The second kappa shape index (κ2) is 11.6. The van der Waals surface area contributed by atoms with E-state index >= 15 is 0 Å². The quantitative estimate of drug-likeness (QED) is 0.322. The van der Waals surface area contributed by atoms with Crippen molar-refractivity contribution in [3.63, 3.8) is 0 Å². The summed E-state index contributed by atoms with van der Waals surface area (Å²) >= 11 is 0. The number of ether oxygens (including phenoxy) is 2. The van der Waals surface area contributed by atoms with Gasteiger partial charge in [-0.05, 0) is 44.0 Å².